The van der Waals surface area contributed by atoms with Gasteiger partial charge in [0.25, 0.3) is 5.91 Å². The Hall–Kier alpha value is -2.69. The summed E-state index contributed by atoms with van der Waals surface area (Å²) in [7, 11) is 0. The lowest BCUT2D eigenvalue weighted by Gasteiger charge is -2.23. The predicted octanol–water partition coefficient (Wildman–Crippen LogP) is 3.63. The summed E-state index contributed by atoms with van der Waals surface area (Å²) in [5.74, 6) is -0.812. The minimum absolute atomic E-state index is 0.122. The quantitative estimate of drug-likeness (QED) is 0.915. The number of benzene rings is 1. The van der Waals surface area contributed by atoms with Crippen LogP contribution < -0.4 is 4.90 Å². The molecule has 0 saturated heterocycles. The van der Waals surface area contributed by atoms with Crippen molar-refractivity contribution in [1.82, 2.24) is 4.98 Å². The summed E-state index contributed by atoms with van der Waals surface area (Å²) >= 11 is 0. The molecule has 1 amide bonds. The van der Waals surface area contributed by atoms with Gasteiger partial charge in [0.15, 0.2) is 0 Å². The lowest BCUT2D eigenvalue weighted by molar-refractivity contribution is 0.0695. The molecule has 0 spiro atoms. The van der Waals surface area contributed by atoms with Crippen molar-refractivity contribution < 1.29 is 14.7 Å². The molecule has 1 atom stereocenters. The Morgan fingerprint density at radius 2 is 1.96 bits per heavy atom. The van der Waals surface area contributed by atoms with Crippen molar-refractivity contribution in [2.24, 2.45) is 0 Å². The number of amides is 1. The van der Waals surface area contributed by atoms with Crippen LogP contribution in [0.25, 0.3) is 0 Å². The Kier molecular flexibility index (Phi) is 4.34. The Balaban J connectivity index is 1.99. The fourth-order valence-corrected chi connectivity index (χ4v) is 3.24. The Bertz CT molecular complexity index is 801. The topological polar surface area (TPSA) is 70.5 Å². The highest BCUT2D eigenvalue weighted by atomic mass is 16.4. The Labute approximate surface area is 140 Å². The number of fused-ring (bicyclic) bond motifs is 1. The van der Waals surface area contributed by atoms with E-state index in [4.69, 9.17) is 5.11 Å². The molecule has 1 aromatic heterocycles. The summed E-state index contributed by atoms with van der Waals surface area (Å²) < 4.78 is 0. The second kappa shape index (κ2) is 6.43. The molecule has 1 aliphatic heterocycles. The summed E-state index contributed by atoms with van der Waals surface area (Å²) in [6, 6.07) is 10.9. The SMILES string of the molecule is Cc1nc(C(=O)N2CCCC(C)c3ccccc32)ccc1C(=O)O. The van der Waals surface area contributed by atoms with Gasteiger partial charge in [-0.15, -0.1) is 0 Å². The minimum atomic E-state index is -1.03. The van der Waals surface area contributed by atoms with Gasteiger partial charge in [0.2, 0.25) is 0 Å². The van der Waals surface area contributed by atoms with Gasteiger partial charge in [-0.2, -0.15) is 0 Å². The number of aryl methyl sites for hydroxylation is 1. The van der Waals surface area contributed by atoms with E-state index in [-0.39, 0.29) is 17.2 Å². The lowest BCUT2D eigenvalue weighted by atomic mass is 9.96. The third-order valence-corrected chi connectivity index (χ3v) is 4.56. The fraction of sp³-hybridized carbons (Fsp3) is 0.316. The molecule has 1 N–H and O–H groups in total. The molecule has 0 radical (unpaired) electrons. The van der Waals surface area contributed by atoms with E-state index in [1.54, 1.807) is 11.8 Å². The van der Waals surface area contributed by atoms with Gasteiger partial charge in [0.05, 0.1) is 11.3 Å². The number of hydrogen-bond donors (Lipinski definition) is 1. The molecule has 0 fully saturated rings. The summed E-state index contributed by atoms with van der Waals surface area (Å²) in [5.41, 5.74) is 2.85. The largest absolute Gasteiger partial charge is 0.478 e. The van der Waals surface area contributed by atoms with E-state index in [1.807, 2.05) is 18.2 Å². The number of carbonyl (C=O) groups is 2. The van der Waals surface area contributed by atoms with Crippen molar-refractivity contribution in [3.63, 3.8) is 0 Å². The number of carboxylic acid groups (broad SMARTS) is 1. The molecule has 5 nitrogen and oxygen atoms in total. The van der Waals surface area contributed by atoms with E-state index in [1.165, 1.54) is 17.7 Å². The van der Waals surface area contributed by atoms with Crippen LogP contribution in [0, 0.1) is 6.92 Å². The molecule has 0 saturated carbocycles. The first-order valence-corrected chi connectivity index (χ1v) is 8.10. The zero-order valence-electron chi connectivity index (χ0n) is 13.8. The standard InChI is InChI=1S/C19H20N2O3/c1-12-6-5-11-21(17-8-4-3-7-14(12)17)18(22)16-10-9-15(19(23)24)13(2)20-16/h3-4,7-10,12H,5-6,11H2,1-2H3,(H,23,24). The lowest BCUT2D eigenvalue weighted by Crippen LogP contribution is -2.32. The number of aromatic nitrogens is 1. The van der Waals surface area contributed by atoms with Gasteiger partial charge in [-0.3, -0.25) is 4.79 Å². The zero-order chi connectivity index (χ0) is 17.3. The fourth-order valence-electron chi connectivity index (χ4n) is 3.24. The van der Waals surface area contributed by atoms with Crippen molar-refractivity contribution in [3.05, 3.63) is 58.9 Å². The van der Waals surface area contributed by atoms with Gasteiger partial charge in [-0.25, -0.2) is 9.78 Å². The van der Waals surface area contributed by atoms with Crippen molar-refractivity contribution in [3.8, 4) is 0 Å². The van der Waals surface area contributed by atoms with Crippen LogP contribution in [0.5, 0.6) is 0 Å². The molecule has 0 aliphatic carbocycles. The predicted molar refractivity (Wildman–Crippen MR) is 91.7 cm³/mol. The average molecular weight is 324 g/mol. The number of aromatic carboxylic acids is 1. The first-order valence-electron chi connectivity index (χ1n) is 8.10. The average Bonchev–Trinajstić information content (AvgIpc) is 2.73. The summed E-state index contributed by atoms with van der Waals surface area (Å²) in [6.07, 6.45) is 1.96. The number of para-hydroxylation sites is 1. The Morgan fingerprint density at radius 1 is 1.21 bits per heavy atom. The molecule has 2 aromatic rings. The van der Waals surface area contributed by atoms with Gasteiger partial charge in [0, 0.05) is 12.2 Å². The van der Waals surface area contributed by atoms with Gasteiger partial charge in [0.1, 0.15) is 5.69 Å². The Morgan fingerprint density at radius 3 is 2.67 bits per heavy atom. The summed E-state index contributed by atoms with van der Waals surface area (Å²) in [4.78, 5) is 30.1. The number of nitrogens with zero attached hydrogens (tertiary/aromatic N) is 2. The molecule has 1 aromatic carbocycles. The van der Waals surface area contributed by atoms with E-state index in [0.29, 0.717) is 18.2 Å². The maximum absolute atomic E-state index is 13.0. The highest BCUT2D eigenvalue weighted by Crippen LogP contribution is 2.34. The van der Waals surface area contributed by atoms with Crippen LogP contribution >= 0.6 is 0 Å². The van der Waals surface area contributed by atoms with Gasteiger partial charge in [-0.1, -0.05) is 25.1 Å². The maximum atomic E-state index is 13.0. The van der Waals surface area contributed by atoms with Crippen LogP contribution in [0.1, 0.15) is 57.8 Å². The van der Waals surface area contributed by atoms with Crippen LogP contribution in [-0.2, 0) is 0 Å². The molecule has 2 heterocycles. The van der Waals surface area contributed by atoms with E-state index >= 15 is 0 Å². The normalized spacial score (nSPS) is 17.1. The monoisotopic (exact) mass is 324 g/mol. The van der Waals surface area contributed by atoms with E-state index in [2.05, 4.69) is 18.0 Å². The molecule has 24 heavy (non-hydrogen) atoms. The minimum Gasteiger partial charge on any atom is -0.478 e. The molecule has 124 valence electrons. The highest BCUT2D eigenvalue weighted by molar-refractivity contribution is 6.05. The van der Waals surface area contributed by atoms with E-state index < -0.39 is 5.97 Å². The van der Waals surface area contributed by atoms with Gasteiger partial charge in [-0.05, 0) is 49.4 Å². The van der Waals surface area contributed by atoms with Gasteiger partial charge < -0.3 is 10.0 Å². The van der Waals surface area contributed by atoms with Crippen molar-refractivity contribution in [2.45, 2.75) is 32.6 Å². The van der Waals surface area contributed by atoms with Crippen molar-refractivity contribution in [2.75, 3.05) is 11.4 Å². The third kappa shape index (κ3) is 2.89. The first kappa shape index (κ1) is 16.2. The summed E-state index contributed by atoms with van der Waals surface area (Å²) in [5, 5.41) is 9.11. The van der Waals surface area contributed by atoms with Crippen LogP contribution in [0.4, 0.5) is 5.69 Å². The molecule has 0 bridgehead atoms. The summed E-state index contributed by atoms with van der Waals surface area (Å²) in [6.45, 7) is 4.43. The van der Waals surface area contributed by atoms with Crippen molar-refractivity contribution >= 4 is 17.6 Å². The number of carbonyl (C=O) groups excluding carboxylic acids is 1. The molecular weight excluding hydrogens is 304 g/mol. The van der Waals surface area contributed by atoms with Crippen LogP contribution in [-0.4, -0.2) is 28.5 Å². The van der Waals surface area contributed by atoms with Crippen LogP contribution in [0.2, 0.25) is 0 Å². The molecular formula is C19H20N2O3. The maximum Gasteiger partial charge on any atom is 0.337 e. The van der Waals surface area contributed by atoms with E-state index in [9.17, 15) is 9.59 Å². The van der Waals surface area contributed by atoms with E-state index in [0.717, 1.165) is 18.5 Å². The third-order valence-electron chi connectivity index (χ3n) is 4.56. The molecule has 1 aliphatic rings. The second-order valence-electron chi connectivity index (χ2n) is 6.19. The molecule has 3 rings (SSSR count). The smallest absolute Gasteiger partial charge is 0.337 e. The number of hydrogen-bond acceptors (Lipinski definition) is 3. The number of rotatable bonds is 2. The first-order chi connectivity index (χ1) is 11.5. The van der Waals surface area contributed by atoms with Gasteiger partial charge >= 0.3 is 5.97 Å². The molecule has 1 unspecified atom stereocenters. The second-order valence-corrected chi connectivity index (χ2v) is 6.19. The number of carboxylic acids is 1. The van der Waals surface area contributed by atoms with Crippen LogP contribution in [0.3, 0.4) is 0 Å². The zero-order valence-corrected chi connectivity index (χ0v) is 13.8. The highest BCUT2D eigenvalue weighted by Gasteiger charge is 2.26. The number of pyridine rings is 1. The van der Waals surface area contributed by atoms with Crippen LogP contribution in [0.15, 0.2) is 36.4 Å². The number of anilines is 1. The van der Waals surface area contributed by atoms with Crippen molar-refractivity contribution in [1.29, 1.82) is 0 Å². The molecule has 5 heteroatoms.